The molecule has 0 bridgehead atoms. The molecule has 0 aliphatic carbocycles. The number of phenolic OH excluding ortho intramolecular Hbond substituents is 1. The molecule has 0 unspecified atom stereocenters. The number of rotatable bonds is 3. The van der Waals surface area contributed by atoms with Gasteiger partial charge in [0.05, 0.1) is 22.7 Å². The highest BCUT2D eigenvalue weighted by Crippen LogP contribution is 2.40. The molecule has 0 saturated carbocycles. The van der Waals surface area contributed by atoms with Gasteiger partial charge in [-0.2, -0.15) is 13.2 Å². The molecule has 4 rings (SSSR count). The van der Waals surface area contributed by atoms with E-state index in [0.717, 1.165) is 28.6 Å². The molecule has 168 valence electrons. The summed E-state index contributed by atoms with van der Waals surface area (Å²) in [5.74, 6) is -3.01. The van der Waals surface area contributed by atoms with Crippen molar-refractivity contribution in [3.8, 4) is 22.6 Å². The van der Waals surface area contributed by atoms with Crippen molar-refractivity contribution < 1.29 is 40.2 Å². The van der Waals surface area contributed by atoms with E-state index >= 15 is 0 Å². The van der Waals surface area contributed by atoms with Crippen LogP contribution < -0.4 is 9.04 Å². The van der Waals surface area contributed by atoms with Gasteiger partial charge in [0.1, 0.15) is 18.1 Å². The zero-order valence-electron chi connectivity index (χ0n) is 16.0. The van der Waals surface area contributed by atoms with E-state index in [2.05, 4.69) is 0 Å². The van der Waals surface area contributed by atoms with Gasteiger partial charge in [-0.3, -0.25) is 4.31 Å². The molecule has 32 heavy (non-hydrogen) atoms. The van der Waals surface area contributed by atoms with Crippen molar-refractivity contribution in [1.82, 2.24) is 0 Å². The Morgan fingerprint density at radius 2 is 1.75 bits per heavy atom. The second-order valence-corrected chi connectivity index (χ2v) is 8.79. The van der Waals surface area contributed by atoms with E-state index in [-0.39, 0.29) is 35.7 Å². The summed E-state index contributed by atoms with van der Waals surface area (Å²) in [4.78, 5) is -0.583. The fraction of sp³-hybridized carbons (Fsp3) is 0.143. The third-order valence-electron chi connectivity index (χ3n) is 4.85. The van der Waals surface area contributed by atoms with E-state index in [4.69, 9.17) is 4.74 Å². The molecular weight excluding hydrogens is 457 g/mol. The Kier molecular flexibility index (Phi) is 5.24. The molecule has 0 spiro atoms. The third-order valence-corrected chi connectivity index (χ3v) is 6.66. The number of ether oxygens (including phenoxy) is 1. The molecule has 11 heteroatoms. The second kappa shape index (κ2) is 7.66. The summed E-state index contributed by atoms with van der Waals surface area (Å²) in [5, 5.41) is 9.61. The van der Waals surface area contributed by atoms with E-state index in [1.165, 1.54) is 18.2 Å². The van der Waals surface area contributed by atoms with Crippen LogP contribution in [0.4, 0.5) is 27.6 Å². The molecule has 0 aromatic heterocycles. The molecule has 0 atom stereocenters. The van der Waals surface area contributed by atoms with Gasteiger partial charge in [0, 0.05) is 11.6 Å². The first-order valence-corrected chi connectivity index (χ1v) is 10.6. The summed E-state index contributed by atoms with van der Waals surface area (Å²) < 4.78 is 99.9. The summed E-state index contributed by atoms with van der Waals surface area (Å²) in [6.07, 6.45) is -4.74. The maximum absolute atomic E-state index is 14.3. The SMILES string of the molecule is O=S(=O)(c1cccc(C(F)(F)F)c1)N1CCOc2ccc(-c3cc(O)cc(F)c3F)cc21. The van der Waals surface area contributed by atoms with E-state index in [9.17, 15) is 35.5 Å². The van der Waals surface area contributed by atoms with Gasteiger partial charge in [-0.1, -0.05) is 12.1 Å². The number of hydrogen-bond acceptors (Lipinski definition) is 4. The number of fused-ring (bicyclic) bond motifs is 1. The van der Waals surface area contributed by atoms with Crippen LogP contribution in [0.25, 0.3) is 11.1 Å². The molecule has 0 radical (unpaired) electrons. The Morgan fingerprint density at radius 1 is 1.00 bits per heavy atom. The van der Waals surface area contributed by atoms with Crippen LogP contribution in [0.15, 0.2) is 59.5 Å². The van der Waals surface area contributed by atoms with Crippen LogP contribution in [0.1, 0.15) is 5.56 Å². The first kappa shape index (κ1) is 21.9. The van der Waals surface area contributed by atoms with Gasteiger partial charge in [-0.25, -0.2) is 17.2 Å². The topological polar surface area (TPSA) is 66.8 Å². The van der Waals surface area contributed by atoms with E-state index in [1.54, 1.807) is 0 Å². The third kappa shape index (κ3) is 3.83. The first-order valence-electron chi connectivity index (χ1n) is 9.14. The lowest BCUT2D eigenvalue weighted by molar-refractivity contribution is -0.137. The largest absolute Gasteiger partial charge is 0.508 e. The molecular formula is C21H14F5NO4S. The second-order valence-electron chi connectivity index (χ2n) is 6.92. The lowest BCUT2D eigenvalue weighted by atomic mass is 10.0. The summed E-state index contributed by atoms with van der Waals surface area (Å²) in [5.41, 5.74) is -1.48. The van der Waals surface area contributed by atoms with Crippen LogP contribution in [-0.4, -0.2) is 26.7 Å². The molecule has 3 aromatic carbocycles. The van der Waals surface area contributed by atoms with Crippen LogP contribution in [0.3, 0.4) is 0 Å². The lowest BCUT2D eigenvalue weighted by Gasteiger charge is -2.31. The van der Waals surface area contributed by atoms with E-state index < -0.39 is 44.0 Å². The summed E-state index contributed by atoms with van der Waals surface area (Å²) in [7, 11) is -4.45. The molecule has 3 aromatic rings. The zero-order chi connectivity index (χ0) is 23.3. The normalized spacial score (nSPS) is 14.1. The minimum absolute atomic E-state index is 0.0331. The minimum Gasteiger partial charge on any atom is -0.508 e. The Hall–Kier alpha value is -3.34. The van der Waals surface area contributed by atoms with Crippen LogP contribution in [0.2, 0.25) is 0 Å². The number of sulfonamides is 1. The highest BCUT2D eigenvalue weighted by molar-refractivity contribution is 7.92. The fourth-order valence-corrected chi connectivity index (χ4v) is 4.85. The molecule has 1 aliphatic rings. The smallest absolute Gasteiger partial charge is 0.416 e. The van der Waals surface area contributed by atoms with Gasteiger partial charge in [0.15, 0.2) is 11.6 Å². The number of aromatic hydroxyl groups is 1. The number of hydrogen-bond donors (Lipinski definition) is 1. The number of alkyl halides is 3. The quantitative estimate of drug-likeness (QED) is 0.550. The average molecular weight is 471 g/mol. The fourth-order valence-electron chi connectivity index (χ4n) is 3.36. The van der Waals surface area contributed by atoms with Gasteiger partial charge >= 0.3 is 6.18 Å². The van der Waals surface area contributed by atoms with Gasteiger partial charge in [-0.05, 0) is 42.0 Å². The van der Waals surface area contributed by atoms with Crippen molar-refractivity contribution in [2.45, 2.75) is 11.1 Å². The predicted molar refractivity (Wildman–Crippen MR) is 105 cm³/mol. The van der Waals surface area contributed by atoms with Gasteiger partial charge in [0.2, 0.25) is 0 Å². The van der Waals surface area contributed by atoms with Crippen LogP contribution >= 0.6 is 0 Å². The summed E-state index contributed by atoms with van der Waals surface area (Å²) >= 11 is 0. The van der Waals surface area contributed by atoms with E-state index in [1.807, 2.05) is 0 Å². The molecule has 5 nitrogen and oxygen atoms in total. The molecule has 1 aliphatic heterocycles. The number of benzene rings is 3. The van der Waals surface area contributed by atoms with Gasteiger partial charge in [-0.15, -0.1) is 0 Å². The summed E-state index contributed by atoms with van der Waals surface area (Å²) in [6.45, 7) is -0.286. The Balaban J connectivity index is 1.83. The van der Waals surface area contributed by atoms with Crippen molar-refractivity contribution in [1.29, 1.82) is 0 Å². The predicted octanol–water partition coefficient (Wildman–Crippen LogP) is 4.94. The van der Waals surface area contributed by atoms with Crippen LogP contribution in [-0.2, 0) is 16.2 Å². The standard InChI is InChI=1S/C21H14F5NO4S/c22-17-11-14(28)10-16(20(17)23)12-4-5-19-18(8-12)27(6-7-31-19)32(29,30)15-3-1-2-13(9-15)21(24,25)26/h1-5,8-11,28H,6-7H2. The van der Waals surface area contributed by atoms with Crippen LogP contribution in [0, 0.1) is 11.6 Å². The van der Waals surface area contributed by atoms with Gasteiger partial charge in [0.25, 0.3) is 10.0 Å². The van der Waals surface area contributed by atoms with Crippen molar-refractivity contribution >= 4 is 15.7 Å². The average Bonchev–Trinajstić information content (AvgIpc) is 2.75. The van der Waals surface area contributed by atoms with Crippen molar-refractivity contribution in [2.24, 2.45) is 0 Å². The highest BCUT2D eigenvalue weighted by atomic mass is 32.2. The highest BCUT2D eigenvalue weighted by Gasteiger charge is 2.35. The van der Waals surface area contributed by atoms with E-state index in [0.29, 0.717) is 12.1 Å². The number of nitrogens with zero attached hydrogens (tertiary/aromatic N) is 1. The number of phenols is 1. The minimum atomic E-state index is -4.74. The molecule has 1 heterocycles. The molecule has 1 N–H and O–H groups in total. The number of anilines is 1. The maximum Gasteiger partial charge on any atom is 0.416 e. The Morgan fingerprint density at radius 3 is 2.47 bits per heavy atom. The Labute approximate surface area is 179 Å². The summed E-state index contributed by atoms with van der Waals surface area (Å²) in [6, 6.07) is 8.74. The molecule has 0 amide bonds. The van der Waals surface area contributed by atoms with Gasteiger partial charge < -0.3 is 9.84 Å². The van der Waals surface area contributed by atoms with Crippen LogP contribution in [0.5, 0.6) is 11.5 Å². The first-order chi connectivity index (χ1) is 15.0. The molecule has 0 saturated heterocycles. The lowest BCUT2D eigenvalue weighted by Crippen LogP contribution is -2.38. The maximum atomic E-state index is 14.3. The van der Waals surface area contributed by atoms with Crippen molar-refractivity contribution in [2.75, 3.05) is 17.5 Å². The van der Waals surface area contributed by atoms with Crippen molar-refractivity contribution in [3.63, 3.8) is 0 Å². The zero-order valence-corrected chi connectivity index (χ0v) is 16.8. The monoisotopic (exact) mass is 471 g/mol. The molecule has 0 fully saturated rings. The number of halogens is 5. The Bertz CT molecular complexity index is 1310. The van der Waals surface area contributed by atoms with Crippen molar-refractivity contribution in [3.05, 3.63) is 71.8 Å².